The minimum atomic E-state index is 0.601. The van der Waals surface area contributed by atoms with E-state index in [1.165, 1.54) is 31.2 Å². The van der Waals surface area contributed by atoms with Gasteiger partial charge in [0.25, 0.3) is 0 Å². The summed E-state index contributed by atoms with van der Waals surface area (Å²) in [5.41, 5.74) is 1.45. The molecule has 2 rings (SSSR count). The summed E-state index contributed by atoms with van der Waals surface area (Å²) in [6.45, 7) is 5.31. The lowest BCUT2D eigenvalue weighted by molar-refractivity contribution is 0.178. The van der Waals surface area contributed by atoms with Crippen molar-refractivity contribution < 1.29 is 4.74 Å². The fourth-order valence-electron chi connectivity index (χ4n) is 2.54. The maximum atomic E-state index is 5.42. The fourth-order valence-corrected chi connectivity index (χ4v) is 2.54. The third-order valence-corrected chi connectivity index (χ3v) is 3.87. The number of nitrogens with one attached hydrogen (secondary N) is 1. The van der Waals surface area contributed by atoms with Gasteiger partial charge in [-0.25, -0.2) is 0 Å². The second kappa shape index (κ2) is 7.55. The smallest absolute Gasteiger partial charge is 0.0509 e. The van der Waals surface area contributed by atoms with E-state index in [0.29, 0.717) is 6.04 Å². The van der Waals surface area contributed by atoms with E-state index in [1.54, 1.807) is 0 Å². The molecule has 0 saturated carbocycles. The third kappa shape index (κ3) is 4.43. The number of ether oxygens (including phenoxy) is 1. The number of hydrogen-bond acceptors (Lipinski definition) is 2. The molecule has 0 aromatic heterocycles. The molecule has 1 aromatic rings. The molecule has 1 aromatic carbocycles. The number of hydrogen-bond donors (Lipinski definition) is 1. The van der Waals surface area contributed by atoms with Crippen LogP contribution in [0.4, 0.5) is 0 Å². The van der Waals surface area contributed by atoms with Crippen LogP contribution in [0.25, 0.3) is 0 Å². The van der Waals surface area contributed by atoms with Crippen LogP contribution in [-0.4, -0.2) is 25.8 Å². The molecule has 0 spiro atoms. The van der Waals surface area contributed by atoms with Crippen LogP contribution in [0.2, 0.25) is 0 Å². The molecule has 1 fully saturated rings. The van der Waals surface area contributed by atoms with Crippen molar-refractivity contribution in [1.82, 2.24) is 5.32 Å². The molecule has 0 bridgehead atoms. The van der Waals surface area contributed by atoms with Gasteiger partial charge in [-0.15, -0.1) is 0 Å². The number of benzene rings is 1. The summed E-state index contributed by atoms with van der Waals surface area (Å²) in [4.78, 5) is 0. The first kappa shape index (κ1) is 13.6. The van der Waals surface area contributed by atoms with Crippen molar-refractivity contribution in [2.75, 3.05) is 19.8 Å². The molecule has 1 aliphatic rings. The highest BCUT2D eigenvalue weighted by molar-refractivity contribution is 5.14. The Bertz CT molecular complexity index is 319. The Morgan fingerprint density at radius 3 is 2.83 bits per heavy atom. The average Bonchev–Trinajstić information content (AvgIpc) is 2.93. The maximum absolute atomic E-state index is 5.42. The van der Waals surface area contributed by atoms with Crippen LogP contribution >= 0.6 is 0 Å². The Kier molecular flexibility index (Phi) is 5.69. The van der Waals surface area contributed by atoms with Gasteiger partial charge in [0.15, 0.2) is 0 Å². The highest BCUT2D eigenvalue weighted by Gasteiger charge is 2.21. The first-order valence-electron chi connectivity index (χ1n) is 7.21. The zero-order valence-corrected chi connectivity index (χ0v) is 11.4. The molecular weight excluding hydrogens is 222 g/mol. The quantitative estimate of drug-likeness (QED) is 0.748. The van der Waals surface area contributed by atoms with E-state index >= 15 is 0 Å². The van der Waals surface area contributed by atoms with Crippen LogP contribution in [0, 0.1) is 5.92 Å². The van der Waals surface area contributed by atoms with E-state index in [2.05, 4.69) is 42.6 Å². The number of rotatable bonds is 7. The van der Waals surface area contributed by atoms with E-state index in [9.17, 15) is 0 Å². The normalized spacial score (nSPS) is 21.1. The van der Waals surface area contributed by atoms with Crippen molar-refractivity contribution in [3.8, 4) is 0 Å². The van der Waals surface area contributed by atoms with Gasteiger partial charge in [-0.2, -0.15) is 0 Å². The van der Waals surface area contributed by atoms with Crippen molar-refractivity contribution in [1.29, 1.82) is 0 Å². The minimum Gasteiger partial charge on any atom is -0.381 e. The Morgan fingerprint density at radius 2 is 2.11 bits per heavy atom. The standard InChI is InChI=1S/C16H25NO/c1-14(16-10-12-18-13-16)17-11-6-5-9-15-7-3-2-4-8-15/h2-4,7-8,14,16-17H,5-6,9-13H2,1H3. The molecule has 2 atom stereocenters. The zero-order chi connectivity index (χ0) is 12.6. The lowest BCUT2D eigenvalue weighted by Crippen LogP contribution is -2.34. The third-order valence-electron chi connectivity index (χ3n) is 3.87. The van der Waals surface area contributed by atoms with E-state index in [0.717, 1.165) is 25.7 Å². The largest absolute Gasteiger partial charge is 0.381 e. The van der Waals surface area contributed by atoms with E-state index in [-0.39, 0.29) is 0 Å². The molecule has 2 heteroatoms. The molecule has 100 valence electrons. The van der Waals surface area contributed by atoms with Crippen molar-refractivity contribution in [3.05, 3.63) is 35.9 Å². The summed E-state index contributed by atoms with van der Waals surface area (Å²) >= 11 is 0. The predicted octanol–water partition coefficient (Wildman–Crippen LogP) is 3.02. The monoisotopic (exact) mass is 247 g/mol. The second-order valence-electron chi connectivity index (χ2n) is 5.31. The summed E-state index contributed by atoms with van der Waals surface area (Å²) in [6, 6.07) is 11.4. The van der Waals surface area contributed by atoms with Crippen LogP contribution in [0.3, 0.4) is 0 Å². The van der Waals surface area contributed by atoms with Gasteiger partial charge < -0.3 is 10.1 Å². The Morgan fingerprint density at radius 1 is 1.28 bits per heavy atom. The summed E-state index contributed by atoms with van der Waals surface area (Å²) < 4.78 is 5.42. The van der Waals surface area contributed by atoms with Gasteiger partial charge in [0.2, 0.25) is 0 Å². The average molecular weight is 247 g/mol. The Balaban J connectivity index is 1.53. The van der Waals surface area contributed by atoms with Crippen LogP contribution < -0.4 is 5.32 Å². The fraction of sp³-hybridized carbons (Fsp3) is 0.625. The Labute approximate surface area is 111 Å². The van der Waals surface area contributed by atoms with Gasteiger partial charge in [0.1, 0.15) is 0 Å². The highest BCUT2D eigenvalue weighted by Crippen LogP contribution is 2.16. The molecule has 2 unspecified atom stereocenters. The first-order chi connectivity index (χ1) is 8.86. The molecule has 18 heavy (non-hydrogen) atoms. The van der Waals surface area contributed by atoms with Gasteiger partial charge in [0, 0.05) is 12.6 Å². The summed E-state index contributed by atoms with van der Waals surface area (Å²) in [5, 5.41) is 3.63. The zero-order valence-electron chi connectivity index (χ0n) is 11.4. The molecule has 0 aliphatic carbocycles. The van der Waals surface area contributed by atoms with Gasteiger partial charge in [0.05, 0.1) is 6.61 Å². The van der Waals surface area contributed by atoms with Crippen molar-refractivity contribution in [3.63, 3.8) is 0 Å². The van der Waals surface area contributed by atoms with Crippen molar-refractivity contribution in [2.45, 2.75) is 38.6 Å². The lowest BCUT2D eigenvalue weighted by atomic mass is 10.0. The van der Waals surface area contributed by atoms with Gasteiger partial charge in [-0.3, -0.25) is 0 Å². The van der Waals surface area contributed by atoms with E-state index in [1.807, 2.05) is 0 Å². The predicted molar refractivity (Wildman–Crippen MR) is 75.8 cm³/mol. The van der Waals surface area contributed by atoms with Gasteiger partial charge in [-0.1, -0.05) is 30.3 Å². The van der Waals surface area contributed by atoms with Crippen LogP contribution in [0.15, 0.2) is 30.3 Å². The molecule has 1 heterocycles. The summed E-state index contributed by atoms with van der Waals surface area (Å²) in [6.07, 6.45) is 4.94. The SMILES string of the molecule is CC(NCCCCc1ccccc1)C1CCOC1. The van der Waals surface area contributed by atoms with E-state index < -0.39 is 0 Å². The molecule has 1 N–H and O–H groups in total. The second-order valence-corrected chi connectivity index (χ2v) is 5.31. The summed E-state index contributed by atoms with van der Waals surface area (Å²) in [5.74, 6) is 0.721. The topological polar surface area (TPSA) is 21.3 Å². The number of unbranched alkanes of at least 4 members (excludes halogenated alkanes) is 1. The van der Waals surface area contributed by atoms with Crippen LogP contribution in [0.5, 0.6) is 0 Å². The van der Waals surface area contributed by atoms with Gasteiger partial charge >= 0.3 is 0 Å². The Hall–Kier alpha value is -0.860. The first-order valence-corrected chi connectivity index (χ1v) is 7.21. The maximum Gasteiger partial charge on any atom is 0.0509 e. The van der Waals surface area contributed by atoms with Crippen LogP contribution in [-0.2, 0) is 11.2 Å². The van der Waals surface area contributed by atoms with Crippen LogP contribution in [0.1, 0.15) is 31.7 Å². The molecular formula is C16H25NO. The highest BCUT2D eigenvalue weighted by atomic mass is 16.5. The van der Waals surface area contributed by atoms with Gasteiger partial charge in [-0.05, 0) is 50.6 Å². The molecule has 1 saturated heterocycles. The molecule has 1 aliphatic heterocycles. The van der Waals surface area contributed by atoms with Crippen molar-refractivity contribution >= 4 is 0 Å². The summed E-state index contributed by atoms with van der Waals surface area (Å²) in [7, 11) is 0. The molecule has 0 radical (unpaired) electrons. The minimum absolute atomic E-state index is 0.601. The molecule has 2 nitrogen and oxygen atoms in total. The molecule has 0 amide bonds. The van der Waals surface area contributed by atoms with E-state index in [4.69, 9.17) is 4.74 Å². The lowest BCUT2D eigenvalue weighted by Gasteiger charge is -2.19. The number of aryl methyl sites for hydroxylation is 1. The van der Waals surface area contributed by atoms with Crippen molar-refractivity contribution in [2.24, 2.45) is 5.92 Å².